The summed E-state index contributed by atoms with van der Waals surface area (Å²) in [4.78, 5) is 33.8. The summed E-state index contributed by atoms with van der Waals surface area (Å²) in [5.41, 5.74) is 3.99. The second-order valence-electron chi connectivity index (χ2n) is 3.25. The lowest BCUT2D eigenvalue weighted by atomic mass is 10.2. The number of rotatable bonds is 2. The number of nitrogens with one attached hydrogen (secondary N) is 2. The summed E-state index contributed by atoms with van der Waals surface area (Å²) in [6.45, 7) is 1.61. The molecular weight excluding hydrogens is 295 g/mol. The van der Waals surface area contributed by atoms with Crippen LogP contribution in [0.15, 0.2) is 18.2 Å². The van der Waals surface area contributed by atoms with Gasteiger partial charge in [0.1, 0.15) is 0 Å². The number of hydrogen-bond acceptors (Lipinski definition) is 4. The van der Waals surface area contributed by atoms with Crippen molar-refractivity contribution < 1.29 is 19.1 Å². The molecule has 0 aromatic heterocycles. The molecule has 102 valence electrons. The molecule has 0 bridgehead atoms. The maximum Gasteiger partial charge on any atom is 0.398 e. The average molecular weight is 305 g/mol. The van der Waals surface area contributed by atoms with Crippen LogP contribution in [0.1, 0.15) is 17.3 Å². The molecule has 6 nitrogen and oxygen atoms in total. The largest absolute Gasteiger partial charge is 0.459 e. The maximum atomic E-state index is 11.7. The molecule has 8 heteroatoms. The number of esters is 1. The SMILES string of the molecule is CCOC(=O)C(=O)NNC(=O)c1cc(Cl)ccc1Cl. The van der Waals surface area contributed by atoms with Crippen LogP contribution in [0, 0.1) is 0 Å². The number of benzene rings is 1. The van der Waals surface area contributed by atoms with Crippen LogP contribution in [-0.4, -0.2) is 24.4 Å². The van der Waals surface area contributed by atoms with Crippen molar-refractivity contribution >= 4 is 41.0 Å². The molecule has 1 rings (SSSR count). The lowest BCUT2D eigenvalue weighted by Gasteiger charge is -2.08. The minimum absolute atomic E-state index is 0.0559. The molecule has 0 spiro atoms. The topological polar surface area (TPSA) is 84.5 Å². The van der Waals surface area contributed by atoms with E-state index in [0.29, 0.717) is 5.02 Å². The second-order valence-corrected chi connectivity index (χ2v) is 4.10. The normalized spacial score (nSPS) is 9.63. The van der Waals surface area contributed by atoms with E-state index in [0.717, 1.165) is 0 Å². The van der Waals surface area contributed by atoms with Gasteiger partial charge in [0.15, 0.2) is 0 Å². The Morgan fingerprint density at radius 1 is 1.21 bits per heavy atom. The molecule has 0 saturated carbocycles. The molecule has 2 N–H and O–H groups in total. The zero-order valence-electron chi connectivity index (χ0n) is 9.83. The van der Waals surface area contributed by atoms with Crippen LogP contribution in [0.5, 0.6) is 0 Å². The molecule has 0 fully saturated rings. The van der Waals surface area contributed by atoms with Crippen molar-refractivity contribution in [2.24, 2.45) is 0 Å². The smallest absolute Gasteiger partial charge is 0.398 e. The number of carbonyl (C=O) groups is 3. The standard InChI is InChI=1S/C11H10Cl2N2O4/c1-2-19-11(18)10(17)15-14-9(16)7-5-6(12)3-4-8(7)13/h3-5H,2H2,1H3,(H,14,16)(H,15,17). The lowest BCUT2D eigenvalue weighted by molar-refractivity contribution is -0.154. The first-order valence-corrected chi connectivity index (χ1v) is 5.93. The third kappa shape index (κ3) is 4.42. The van der Waals surface area contributed by atoms with Crippen LogP contribution in [0.25, 0.3) is 0 Å². The van der Waals surface area contributed by atoms with Crippen molar-refractivity contribution in [3.8, 4) is 0 Å². The van der Waals surface area contributed by atoms with Gasteiger partial charge >= 0.3 is 11.9 Å². The van der Waals surface area contributed by atoms with Crippen molar-refractivity contribution in [2.75, 3.05) is 6.61 Å². The van der Waals surface area contributed by atoms with Crippen molar-refractivity contribution in [1.82, 2.24) is 10.9 Å². The highest BCUT2D eigenvalue weighted by atomic mass is 35.5. The zero-order chi connectivity index (χ0) is 14.4. The van der Waals surface area contributed by atoms with Gasteiger partial charge < -0.3 is 4.74 Å². The Hall–Kier alpha value is -1.79. The Morgan fingerprint density at radius 2 is 1.89 bits per heavy atom. The van der Waals surface area contributed by atoms with Crippen LogP contribution in [-0.2, 0) is 14.3 Å². The maximum absolute atomic E-state index is 11.7. The van der Waals surface area contributed by atoms with Crippen LogP contribution in [0.2, 0.25) is 10.0 Å². The van der Waals surface area contributed by atoms with E-state index in [1.54, 1.807) is 6.92 Å². The van der Waals surface area contributed by atoms with E-state index in [4.69, 9.17) is 23.2 Å². The molecule has 0 aliphatic carbocycles. The quantitative estimate of drug-likeness (QED) is 0.490. The Balaban J connectivity index is 2.63. The van der Waals surface area contributed by atoms with E-state index in [9.17, 15) is 14.4 Å². The van der Waals surface area contributed by atoms with Crippen molar-refractivity contribution in [1.29, 1.82) is 0 Å². The fourth-order valence-electron chi connectivity index (χ4n) is 1.10. The fourth-order valence-corrected chi connectivity index (χ4v) is 1.48. The van der Waals surface area contributed by atoms with Gasteiger partial charge in [-0.15, -0.1) is 0 Å². The predicted molar refractivity (Wildman–Crippen MR) is 68.7 cm³/mol. The van der Waals surface area contributed by atoms with Gasteiger partial charge in [-0.2, -0.15) is 0 Å². The van der Waals surface area contributed by atoms with Gasteiger partial charge in [0.05, 0.1) is 17.2 Å². The van der Waals surface area contributed by atoms with Crippen molar-refractivity contribution in [3.05, 3.63) is 33.8 Å². The summed E-state index contributed by atoms with van der Waals surface area (Å²) >= 11 is 11.5. The summed E-state index contributed by atoms with van der Waals surface area (Å²) in [5.74, 6) is -2.89. The van der Waals surface area contributed by atoms with E-state index < -0.39 is 17.8 Å². The van der Waals surface area contributed by atoms with Gasteiger partial charge in [0, 0.05) is 5.02 Å². The monoisotopic (exact) mass is 304 g/mol. The average Bonchev–Trinajstić information content (AvgIpc) is 2.38. The van der Waals surface area contributed by atoms with Crippen LogP contribution in [0.3, 0.4) is 0 Å². The summed E-state index contributed by atoms with van der Waals surface area (Å²) in [6, 6.07) is 4.28. The third-order valence-corrected chi connectivity index (χ3v) is 2.49. The molecule has 0 aliphatic rings. The molecule has 0 saturated heterocycles. The molecule has 2 amide bonds. The van der Waals surface area contributed by atoms with Gasteiger partial charge in [-0.05, 0) is 25.1 Å². The number of ether oxygens (including phenoxy) is 1. The molecule has 0 heterocycles. The van der Waals surface area contributed by atoms with Crippen LogP contribution < -0.4 is 10.9 Å². The highest BCUT2D eigenvalue weighted by Gasteiger charge is 2.17. The Labute approximate surface area is 119 Å². The van der Waals surface area contributed by atoms with E-state index >= 15 is 0 Å². The summed E-state index contributed by atoms with van der Waals surface area (Å²) in [7, 11) is 0. The van der Waals surface area contributed by atoms with Crippen LogP contribution in [0.4, 0.5) is 0 Å². The van der Waals surface area contributed by atoms with E-state index in [-0.39, 0.29) is 17.2 Å². The molecule has 1 aromatic carbocycles. The van der Waals surface area contributed by atoms with E-state index in [1.165, 1.54) is 18.2 Å². The van der Waals surface area contributed by atoms with E-state index in [1.807, 2.05) is 10.9 Å². The first-order valence-electron chi connectivity index (χ1n) is 5.18. The van der Waals surface area contributed by atoms with Gasteiger partial charge in [0.25, 0.3) is 5.91 Å². The Morgan fingerprint density at radius 3 is 2.53 bits per heavy atom. The molecule has 1 aromatic rings. The fraction of sp³-hybridized carbons (Fsp3) is 0.182. The second kappa shape index (κ2) is 6.96. The minimum atomic E-state index is -1.10. The number of hydrogen-bond donors (Lipinski definition) is 2. The molecular formula is C11H10Cl2N2O4. The molecule has 0 aliphatic heterocycles. The zero-order valence-corrected chi connectivity index (χ0v) is 11.3. The number of carbonyl (C=O) groups excluding carboxylic acids is 3. The Bertz CT molecular complexity index is 519. The first-order chi connectivity index (χ1) is 8.95. The minimum Gasteiger partial charge on any atom is -0.459 e. The third-order valence-electron chi connectivity index (χ3n) is 1.92. The number of amides is 2. The Kier molecular flexibility index (Phi) is 5.59. The molecule has 0 radical (unpaired) electrons. The molecule has 19 heavy (non-hydrogen) atoms. The number of halogens is 2. The van der Waals surface area contributed by atoms with Crippen molar-refractivity contribution in [2.45, 2.75) is 6.92 Å². The van der Waals surface area contributed by atoms with E-state index in [2.05, 4.69) is 4.74 Å². The predicted octanol–water partition coefficient (Wildman–Crippen LogP) is 1.32. The highest BCUT2D eigenvalue weighted by Crippen LogP contribution is 2.20. The van der Waals surface area contributed by atoms with Crippen LogP contribution >= 0.6 is 23.2 Å². The van der Waals surface area contributed by atoms with Gasteiger partial charge in [-0.1, -0.05) is 23.2 Å². The number of hydrazine groups is 1. The molecule has 0 unspecified atom stereocenters. The van der Waals surface area contributed by atoms with Gasteiger partial charge in [0.2, 0.25) is 0 Å². The summed E-state index contributed by atoms with van der Waals surface area (Å²) < 4.78 is 4.44. The molecule has 0 atom stereocenters. The summed E-state index contributed by atoms with van der Waals surface area (Å²) in [5, 5.41) is 0.471. The van der Waals surface area contributed by atoms with Crippen molar-refractivity contribution in [3.63, 3.8) is 0 Å². The summed E-state index contributed by atoms with van der Waals surface area (Å²) in [6.07, 6.45) is 0. The lowest BCUT2D eigenvalue weighted by Crippen LogP contribution is -2.45. The first kappa shape index (κ1) is 15.3. The van der Waals surface area contributed by atoms with Gasteiger partial charge in [-0.3, -0.25) is 20.4 Å². The van der Waals surface area contributed by atoms with Gasteiger partial charge in [-0.25, -0.2) is 4.79 Å². The highest BCUT2D eigenvalue weighted by molar-refractivity contribution is 6.36.